The van der Waals surface area contributed by atoms with Gasteiger partial charge in [0, 0.05) is 0 Å². The molecule has 0 bridgehead atoms. The number of likely N-dealkylation sites (N-methyl/N-ethyl adjacent to an activating group) is 1. The maximum atomic E-state index is 10.1. The molecule has 0 aromatic rings. The summed E-state index contributed by atoms with van der Waals surface area (Å²) >= 11 is 0. The summed E-state index contributed by atoms with van der Waals surface area (Å²) in [7, 11) is 1.49. The third-order valence-corrected chi connectivity index (χ3v) is 1.06. The third-order valence-electron chi connectivity index (χ3n) is 1.06. The number of aliphatic carboxylic acids is 1. The van der Waals surface area contributed by atoms with Crippen LogP contribution in [0.4, 0.5) is 0 Å². The number of nitrogens with one attached hydrogen (secondary N) is 1. The van der Waals surface area contributed by atoms with Crippen molar-refractivity contribution in [1.82, 2.24) is 5.32 Å². The van der Waals surface area contributed by atoms with Gasteiger partial charge in [0.2, 0.25) is 0 Å². The lowest BCUT2D eigenvalue weighted by Crippen LogP contribution is -2.42. The van der Waals surface area contributed by atoms with Gasteiger partial charge in [-0.15, -0.1) is 0 Å². The molecule has 0 aromatic carbocycles. The van der Waals surface area contributed by atoms with E-state index in [4.69, 9.17) is 10.2 Å². The van der Waals surface area contributed by atoms with Crippen LogP contribution >= 0.6 is 0 Å². The Kier molecular flexibility index (Phi) is 3.19. The van der Waals surface area contributed by atoms with Gasteiger partial charge in [-0.2, -0.15) is 0 Å². The van der Waals surface area contributed by atoms with Crippen LogP contribution in [0.2, 0.25) is 0 Å². The van der Waals surface area contributed by atoms with Gasteiger partial charge in [0.25, 0.3) is 0 Å². The highest BCUT2D eigenvalue weighted by Gasteiger charge is 2.19. The van der Waals surface area contributed by atoms with Gasteiger partial charge in [0.15, 0.2) is 0 Å². The minimum absolute atomic E-state index is 0.854. The van der Waals surface area contributed by atoms with E-state index in [2.05, 4.69) is 5.32 Å². The van der Waals surface area contributed by atoms with Gasteiger partial charge in [-0.1, -0.05) is 0 Å². The number of carboxylic acid groups (broad SMARTS) is 1. The predicted molar refractivity (Wildman–Crippen MR) is 32.2 cm³/mol. The molecule has 0 rings (SSSR count). The Bertz CT molecular complexity index is 102. The van der Waals surface area contributed by atoms with Crippen LogP contribution in [0.1, 0.15) is 6.92 Å². The van der Waals surface area contributed by atoms with E-state index in [0.29, 0.717) is 0 Å². The summed E-state index contributed by atoms with van der Waals surface area (Å²) in [5.74, 6) is -1.03. The molecule has 0 saturated heterocycles. The largest absolute Gasteiger partial charge is 0.480 e. The monoisotopic (exact) mass is 133 g/mol. The highest BCUT2D eigenvalue weighted by molar-refractivity contribution is 5.74. The molecule has 0 saturated carbocycles. The van der Waals surface area contributed by atoms with Gasteiger partial charge in [-0.05, 0) is 14.0 Å². The standard InChI is InChI=1S/C5H11NO3/c1-3(7)4(6-2)5(8)9/h3-4,6-7H,1-2H3,(H,8,9)/t3-,4?/m1/s1. The lowest BCUT2D eigenvalue weighted by atomic mass is 10.2. The third kappa shape index (κ3) is 2.43. The fourth-order valence-electron chi connectivity index (χ4n) is 0.571. The van der Waals surface area contributed by atoms with E-state index in [1.807, 2.05) is 0 Å². The molecule has 0 spiro atoms. The first-order valence-electron chi connectivity index (χ1n) is 2.67. The van der Waals surface area contributed by atoms with E-state index in [1.54, 1.807) is 0 Å². The lowest BCUT2D eigenvalue weighted by Gasteiger charge is -2.12. The van der Waals surface area contributed by atoms with Crippen LogP contribution < -0.4 is 5.32 Å². The van der Waals surface area contributed by atoms with Gasteiger partial charge in [-0.3, -0.25) is 4.79 Å². The second-order valence-electron chi connectivity index (χ2n) is 1.85. The number of rotatable bonds is 3. The summed E-state index contributed by atoms with van der Waals surface area (Å²) in [4.78, 5) is 10.1. The zero-order valence-electron chi connectivity index (χ0n) is 5.46. The van der Waals surface area contributed by atoms with E-state index in [-0.39, 0.29) is 0 Å². The fourth-order valence-corrected chi connectivity index (χ4v) is 0.571. The number of hydrogen-bond acceptors (Lipinski definition) is 3. The van der Waals surface area contributed by atoms with Crippen molar-refractivity contribution in [2.24, 2.45) is 0 Å². The zero-order chi connectivity index (χ0) is 7.44. The smallest absolute Gasteiger partial charge is 0.323 e. The minimum Gasteiger partial charge on any atom is -0.480 e. The number of aliphatic hydroxyl groups excluding tert-OH is 1. The number of carbonyl (C=O) groups is 1. The molecule has 4 heteroatoms. The average Bonchev–Trinajstić information content (AvgIpc) is 1.64. The minimum atomic E-state index is -1.03. The Morgan fingerprint density at radius 1 is 1.67 bits per heavy atom. The summed E-state index contributed by atoms with van der Waals surface area (Å²) in [5, 5.41) is 19.5. The Morgan fingerprint density at radius 3 is 2.11 bits per heavy atom. The Balaban J connectivity index is 3.83. The number of carboxylic acids is 1. The van der Waals surface area contributed by atoms with Crippen LogP contribution in [0.5, 0.6) is 0 Å². The molecule has 0 amide bonds. The number of aliphatic hydroxyl groups is 1. The summed E-state index contributed by atoms with van der Waals surface area (Å²) < 4.78 is 0. The van der Waals surface area contributed by atoms with Crippen molar-refractivity contribution in [3.05, 3.63) is 0 Å². The Hall–Kier alpha value is -0.610. The van der Waals surface area contributed by atoms with Crippen molar-refractivity contribution in [2.75, 3.05) is 7.05 Å². The van der Waals surface area contributed by atoms with Crippen LogP contribution in [-0.4, -0.2) is 35.4 Å². The van der Waals surface area contributed by atoms with Crippen molar-refractivity contribution in [3.63, 3.8) is 0 Å². The van der Waals surface area contributed by atoms with Crippen molar-refractivity contribution < 1.29 is 15.0 Å². The van der Waals surface area contributed by atoms with Gasteiger partial charge in [-0.25, -0.2) is 0 Å². The van der Waals surface area contributed by atoms with Gasteiger partial charge in [0.1, 0.15) is 6.04 Å². The average molecular weight is 133 g/mol. The van der Waals surface area contributed by atoms with Crippen molar-refractivity contribution in [2.45, 2.75) is 19.1 Å². The van der Waals surface area contributed by atoms with Crippen LogP contribution in [0.15, 0.2) is 0 Å². The van der Waals surface area contributed by atoms with Crippen molar-refractivity contribution in [3.8, 4) is 0 Å². The molecule has 2 atom stereocenters. The first-order valence-corrected chi connectivity index (χ1v) is 2.67. The molecule has 0 fully saturated rings. The van der Waals surface area contributed by atoms with E-state index in [0.717, 1.165) is 0 Å². The SMILES string of the molecule is CNC(C(=O)O)[C@@H](C)O. The lowest BCUT2D eigenvalue weighted by molar-refractivity contribution is -0.141. The normalized spacial score (nSPS) is 16.8. The maximum absolute atomic E-state index is 10.1. The summed E-state index contributed by atoms with van der Waals surface area (Å²) in [6.07, 6.45) is -0.854. The van der Waals surface area contributed by atoms with Gasteiger partial charge in [0.05, 0.1) is 6.10 Å². The molecule has 4 nitrogen and oxygen atoms in total. The highest BCUT2D eigenvalue weighted by atomic mass is 16.4. The molecule has 54 valence electrons. The van der Waals surface area contributed by atoms with E-state index in [1.165, 1.54) is 14.0 Å². The summed E-state index contributed by atoms with van der Waals surface area (Å²) in [6, 6.07) is -0.856. The molecule has 0 aliphatic heterocycles. The zero-order valence-corrected chi connectivity index (χ0v) is 5.46. The molecular formula is C5H11NO3. The van der Waals surface area contributed by atoms with Crippen molar-refractivity contribution in [1.29, 1.82) is 0 Å². The van der Waals surface area contributed by atoms with E-state index >= 15 is 0 Å². The topological polar surface area (TPSA) is 69.6 Å². The molecule has 1 unspecified atom stereocenters. The second-order valence-corrected chi connectivity index (χ2v) is 1.85. The molecule has 0 aromatic heterocycles. The second kappa shape index (κ2) is 3.42. The van der Waals surface area contributed by atoms with Crippen LogP contribution in [0.25, 0.3) is 0 Å². The molecule has 9 heavy (non-hydrogen) atoms. The van der Waals surface area contributed by atoms with E-state index < -0.39 is 18.1 Å². The summed E-state index contributed by atoms with van der Waals surface area (Å²) in [6.45, 7) is 1.43. The fraction of sp³-hybridized carbons (Fsp3) is 0.800. The quantitative estimate of drug-likeness (QED) is 0.463. The molecule has 0 aliphatic rings. The van der Waals surface area contributed by atoms with E-state index in [9.17, 15) is 4.79 Å². The van der Waals surface area contributed by atoms with Gasteiger partial charge >= 0.3 is 5.97 Å². The molecule has 0 heterocycles. The molecule has 0 radical (unpaired) electrons. The first kappa shape index (κ1) is 8.39. The maximum Gasteiger partial charge on any atom is 0.323 e. The van der Waals surface area contributed by atoms with Crippen molar-refractivity contribution >= 4 is 5.97 Å². The van der Waals surface area contributed by atoms with Crippen LogP contribution in [-0.2, 0) is 4.79 Å². The van der Waals surface area contributed by atoms with Gasteiger partial charge < -0.3 is 15.5 Å². The Morgan fingerprint density at radius 2 is 2.11 bits per heavy atom. The first-order chi connectivity index (χ1) is 4.09. The highest BCUT2D eigenvalue weighted by Crippen LogP contribution is 1.89. The molecule has 3 N–H and O–H groups in total. The Labute approximate surface area is 53.5 Å². The molecule has 0 aliphatic carbocycles. The van der Waals surface area contributed by atoms with Crippen LogP contribution in [0, 0.1) is 0 Å². The molecular weight excluding hydrogens is 122 g/mol. The number of hydrogen-bond donors (Lipinski definition) is 3. The van der Waals surface area contributed by atoms with Crippen LogP contribution in [0.3, 0.4) is 0 Å². The predicted octanol–water partition coefficient (Wildman–Crippen LogP) is -0.960. The summed E-state index contributed by atoms with van der Waals surface area (Å²) in [5.41, 5.74) is 0.